The predicted octanol–water partition coefficient (Wildman–Crippen LogP) is 3.74. The van der Waals surface area contributed by atoms with E-state index in [1.807, 2.05) is 35.3 Å². The number of hydrogen-bond acceptors (Lipinski definition) is 2. The maximum atomic E-state index is 6.16. The molecule has 1 aromatic heterocycles. The van der Waals surface area contributed by atoms with Crippen molar-refractivity contribution < 1.29 is 0 Å². The van der Waals surface area contributed by atoms with Crippen LogP contribution in [0.3, 0.4) is 0 Å². The average Bonchev–Trinajstić information content (AvgIpc) is 2.82. The third-order valence-electron chi connectivity index (χ3n) is 2.82. The lowest BCUT2D eigenvalue weighted by Crippen LogP contribution is -2.13. The molecule has 2 rings (SSSR count). The first-order chi connectivity index (χ1) is 9.20. The zero-order valence-corrected chi connectivity index (χ0v) is 12.4. The number of imidazole rings is 1. The van der Waals surface area contributed by atoms with Crippen molar-refractivity contribution in [3.05, 3.63) is 52.0 Å². The van der Waals surface area contributed by atoms with Crippen LogP contribution >= 0.6 is 23.2 Å². The zero-order valence-electron chi connectivity index (χ0n) is 10.9. The van der Waals surface area contributed by atoms with Crippen molar-refractivity contribution in [3.63, 3.8) is 0 Å². The molecule has 102 valence electrons. The summed E-state index contributed by atoms with van der Waals surface area (Å²) in [5.41, 5.74) is 1.95. The van der Waals surface area contributed by atoms with Gasteiger partial charge >= 0.3 is 0 Å². The van der Waals surface area contributed by atoms with Crippen LogP contribution in [0.15, 0.2) is 30.7 Å². The fraction of sp³-hybridized carbons (Fsp3) is 0.357. The van der Waals surface area contributed by atoms with Gasteiger partial charge < -0.3 is 9.88 Å². The summed E-state index contributed by atoms with van der Waals surface area (Å²) in [6.45, 7) is 4.57. The van der Waals surface area contributed by atoms with E-state index in [0.717, 1.165) is 30.8 Å². The number of benzene rings is 1. The maximum absolute atomic E-state index is 6.16. The molecular formula is C14H17Cl2N3. The third-order valence-corrected chi connectivity index (χ3v) is 3.53. The Bertz CT molecular complexity index is 517. The Balaban J connectivity index is 2.03. The van der Waals surface area contributed by atoms with Gasteiger partial charge in [0.25, 0.3) is 0 Å². The minimum absolute atomic E-state index is 0.638. The lowest BCUT2D eigenvalue weighted by molar-refractivity contribution is 0.665. The Hall–Kier alpha value is -1.03. The standard InChI is InChI=1S/C14H17Cl2N3/c1-2-6-17-7-11-8-19(10-18-11)9-12-13(15)4-3-5-14(12)16/h3-5,8,10,17H,2,6-7,9H2,1H3. The van der Waals surface area contributed by atoms with Crippen LogP contribution < -0.4 is 5.32 Å². The zero-order chi connectivity index (χ0) is 13.7. The molecule has 0 aliphatic carbocycles. The van der Waals surface area contributed by atoms with Gasteiger partial charge in [-0.3, -0.25) is 0 Å². The van der Waals surface area contributed by atoms with Crippen LogP contribution in [0.4, 0.5) is 0 Å². The number of aromatic nitrogens is 2. The monoisotopic (exact) mass is 297 g/mol. The highest BCUT2D eigenvalue weighted by molar-refractivity contribution is 6.35. The summed E-state index contributed by atoms with van der Waals surface area (Å²) in [5.74, 6) is 0. The first kappa shape index (κ1) is 14.4. The molecule has 1 heterocycles. The molecule has 1 aromatic carbocycles. The van der Waals surface area contributed by atoms with Crippen molar-refractivity contribution in [1.29, 1.82) is 0 Å². The van der Waals surface area contributed by atoms with E-state index in [-0.39, 0.29) is 0 Å². The fourth-order valence-electron chi connectivity index (χ4n) is 1.84. The van der Waals surface area contributed by atoms with E-state index in [1.54, 1.807) is 0 Å². The van der Waals surface area contributed by atoms with E-state index in [1.165, 1.54) is 0 Å². The summed E-state index contributed by atoms with van der Waals surface area (Å²) in [7, 11) is 0. The molecule has 0 unspecified atom stereocenters. The Morgan fingerprint density at radius 1 is 1.26 bits per heavy atom. The van der Waals surface area contributed by atoms with Gasteiger partial charge in [-0.15, -0.1) is 0 Å². The van der Waals surface area contributed by atoms with Crippen molar-refractivity contribution in [3.8, 4) is 0 Å². The number of halogens is 2. The molecule has 0 amide bonds. The molecule has 5 heteroatoms. The Kier molecular flexibility index (Phi) is 5.25. The van der Waals surface area contributed by atoms with E-state index < -0.39 is 0 Å². The summed E-state index contributed by atoms with van der Waals surface area (Å²) < 4.78 is 2.00. The van der Waals surface area contributed by atoms with Crippen LogP contribution in [0.2, 0.25) is 10.0 Å². The molecule has 0 aliphatic heterocycles. The van der Waals surface area contributed by atoms with Gasteiger partial charge in [0, 0.05) is 28.4 Å². The van der Waals surface area contributed by atoms with Crippen molar-refractivity contribution in [2.24, 2.45) is 0 Å². The summed E-state index contributed by atoms with van der Waals surface area (Å²) >= 11 is 12.3. The highest BCUT2D eigenvalue weighted by atomic mass is 35.5. The molecule has 19 heavy (non-hydrogen) atoms. The number of rotatable bonds is 6. The molecule has 0 atom stereocenters. The highest BCUT2D eigenvalue weighted by Crippen LogP contribution is 2.25. The topological polar surface area (TPSA) is 29.9 Å². The van der Waals surface area contributed by atoms with Gasteiger partial charge in [-0.05, 0) is 25.1 Å². The van der Waals surface area contributed by atoms with Crippen LogP contribution in [0.25, 0.3) is 0 Å². The summed E-state index contributed by atoms with van der Waals surface area (Å²) in [6, 6.07) is 5.55. The van der Waals surface area contributed by atoms with Crippen LogP contribution in [-0.2, 0) is 13.1 Å². The second-order valence-corrected chi connectivity index (χ2v) is 5.23. The van der Waals surface area contributed by atoms with E-state index in [9.17, 15) is 0 Å². The minimum atomic E-state index is 0.638. The summed E-state index contributed by atoms with van der Waals surface area (Å²) in [4.78, 5) is 4.36. The first-order valence-electron chi connectivity index (χ1n) is 6.35. The van der Waals surface area contributed by atoms with E-state index >= 15 is 0 Å². The molecule has 0 saturated heterocycles. The Morgan fingerprint density at radius 3 is 2.68 bits per heavy atom. The SMILES string of the molecule is CCCNCc1cn(Cc2c(Cl)cccc2Cl)cn1. The third kappa shape index (κ3) is 3.96. The quantitative estimate of drug-likeness (QED) is 0.823. The Labute approximate surface area is 123 Å². The van der Waals surface area contributed by atoms with Gasteiger partial charge in [0.15, 0.2) is 0 Å². The molecule has 1 N–H and O–H groups in total. The normalized spacial score (nSPS) is 10.9. The van der Waals surface area contributed by atoms with Gasteiger partial charge in [-0.2, -0.15) is 0 Å². The second kappa shape index (κ2) is 6.94. The molecule has 0 saturated carbocycles. The Morgan fingerprint density at radius 2 is 2.00 bits per heavy atom. The van der Waals surface area contributed by atoms with Crippen LogP contribution in [0.5, 0.6) is 0 Å². The lowest BCUT2D eigenvalue weighted by Gasteiger charge is -2.07. The van der Waals surface area contributed by atoms with E-state index in [0.29, 0.717) is 16.6 Å². The van der Waals surface area contributed by atoms with Crippen LogP contribution in [0.1, 0.15) is 24.6 Å². The van der Waals surface area contributed by atoms with Crippen molar-refractivity contribution in [2.75, 3.05) is 6.54 Å². The molecule has 0 spiro atoms. The number of nitrogens with zero attached hydrogens (tertiary/aromatic N) is 2. The molecule has 0 aliphatic rings. The molecular weight excluding hydrogens is 281 g/mol. The summed E-state index contributed by atoms with van der Waals surface area (Å²) in [5, 5.41) is 4.70. The molecule has 2 aromatic rings. The van der Waals surface area contributed by atoms with Crippen molar-refractivity contribution >= 4 is 23.2 Å². The maximum Gasteiger partial charge on any atom is 0.0953 e. The van der Waals surface area contributed by atoms with E-state index in [2.05, 4.69) is 17.2 Å². The molecule has 0 radical (unpaired) electrons. The lowest BCUT2D eigenvalue weighted by atomic mass is 10.2. The van der Waals surface area contributed by atoms with Gasteiger partial charge in [0.2, 0.25) is 0 Å². The van der Waals surface area contributed by atoms with Crippen molar-refractivity contribution in [2.45, 2.75) is 26.4 Å². The highest BCUT2D eigenvalue weighted by Gasteiger charge is 2.06. The van der Waals surface area contributed by atoms with Crippen molar-refractivity contribution in [1.82, 2.24) is 14.9 Å². The first-order valence-corrected chi connectivity index (χ1v) is 7.10. The fourth-order valence-corrected chi connectivity index (χ4v) is 2.36. The molecule has 3 nitrogen and oxygen atoms in total. The number of hydrogen-bond donors (Lipinski definition) is 1. The van der Waals surface area contributed by atoms with Gasteiger partial charge in [-0.25, -0.2) is 4.98 Å². The molecule has 0 bridgehead atoms. The van der Waals surface area contributed by atoms with Crippen LogP contribution in [-0.4, -0.2) is 16.1 Å². The number of nitrogens with one attached hydrogen (secondary N) is 1. The predicted molar refractivity (Wildman–Crippen MR) is 79.8 cm³/mol. The molecule has 0 fully saturated rings. The summed E-state index contributed by atoms with van der Waals surface area (Å²) in [6.07, 6.45) is 4.95. The second-order valence-electron chi connectivity index (χ2n) is 4.41. The van der Waals surface area contributed by atoms with Gasteiger partial charge in [-0.1, -0.05) is 36.2 Å². The minimum Gasteiger partial charge on any atom is -0.333 e. The van der Waals surface area contributed by atoms with Gasteiger partial charge in [0.05, 0.1) is 18.6 Å². The van der Waals surface area contributed by atoms with E-state index in [4.69, 9.17) is 23.2 Å². The van der Waals surface area contributed by atoms with Crippen LogP contribution in [0, 0.1) is 0 Å². The average molecular weight is 298 g/mol. The van der Waals surface area contributed by atoms with Gasteiger partial charge in [0.1, 0.15) is 0 Å². The smallest absolute Gasteiger partial charge is 0.0953 e. The largest absolute Gasteiger partial charge is 0.333 e.